The third-order valence-electron chi connectivity index (χ3n) is 5.28. The first kappa shape index (κ1) is 20.7. The molecule has 2 heterocycles. The maximum Gasteiger partial charge on any atom is 0.236 e. The predicted octanol–water partition coefficient (Wildman–Crippen LogP) is 0.227. The zero-order chi connectivity index (χ0) is 19.9. The lowest BCUT2D eigenvalue weighted by molar-refractivity contribution is -0.135. The van der Waals surface area contributed by atoms with Crippen molar-refractivity contribution < 1.29 is 18.7 Å². The van der Waals surface area contributed by atoms with Crippen molar-refractivity contribution in [3.05, 3.63) is 35.1 Å². The van der Waals surface area contributed by atoms with Gasteiger partial charge in [-0.15, -0.1) is 0 Å². The van der Waals surface area contributed by atoms with Gasteiger partial charge in [0.1, 0.15) is 5.82 Å². The number of hydrogen-bond donors (Lipinski definition) is 1. The molecule has 0 atom stereocenters. The Morgan fingerprint density at radius 3 is 2.39 bits per heavy atom. The van der Waals surface area contributed by atoms with E-state index in [9.17, 15) is 14.0 Å². The molecule has 2 aliphatic heterocycles. The average Bonchev–Trinajstić information content (AvgIpc) is 2.70. The fourth-order valence-corrected chi connectivity index (χ4v) is 3.41. The van der Waals surface area contributed by atoms with Gasteiger partial charge in [-0.25, -0.2) is 4.39 Å². The molecule has 0 spiro atoms. The number of nitrogens with zero attached hydrogens (tertiary/aromatic N) is 3. The van der Waals surface area contributed by atoms with Gasteiger partial charge in [-0.05, 0) is 24.1 Å². The Morgan fingerprint density at radius 2 is 1.71 bits per heavy atom. The number of aryl methyl sites for hydroxylation is 1. The van der Waals surface area contributed by atoms with Gasteiger partial charge < -0.3 is 15.0 Å². The lowest BCUT2D eigenvalue weighted by Crippen LogP contribution is -2.53. The summed E-state index contributed by atoms with van der Waals surface area (Å²) in [6.07, 6.45) is 0. The largest absolute Gasteiger partial charge is 0.379 e. The first-order valence-electron chi connectivity index (χ1n) is 9.83. The highest BCUT2D eigenvalue weighted by molar-refractivity contribution is 5.79. The summed E-state index contributed by atoms with van der Waals surface area (Å²) >= 11 is 0. The molecule has 0 radical (unpaired) electrons. The Labute approximate surface area is 165 Å². The number of benzene rings is 1. The first-order valence-corrected chi connectivity index (χ1v) is 9.83. The zero-order valence-corrected chi connectivity index (χ0v) is 16.5. The van der Waals surface area contributed by atoms with Gasteiger partial charge in [0.2, 0.25) is 11.8 Å². The molecule has 2 aliphatic rings. The third-order valence-corrected chi connectivity index (χ3v) is 5.28. The summed E-state index contributed by atoms with van der Waals surface area (Å²) in [5.41, 5.74) is 1.34. The minimum atomic E-state index is -0.260. The van der Waals surface area contributed by atoms with E-state index in [1.807, 2.05) is 15.9 Å². The molecule has 0 saturated carbocycles. The Kier molecular flexibility index (Phi) is 7.36. The number of nitrogens with one attached hydrogen (secondary N) is 1. The number of morpholine rings is 1. The second-order valence-electron chi connectivity index (χ2n) is 7.41. The number of rotatable bonds is 6. The van der Waals surface area contributed by atoms with E-state index >= 15 is 0 Å². The normalized spacial score (nSPS) is 18.9. The molecular weight excluding hydrogens is 363 g/mol. The Hall–Kier alpha value is -2.03. The lowest BCUT2D eigenvalue weighted by atomic mass is 10.1. The smallest absolute Gasteiger partial charge is 0.236 e. The molecule has 2 saturated heterocycles. The molecule has 2 amide bonds. The van der Waals surface area contributed by atoms with E-state index in [1.54, 1.807) is 13.0 Å². The third kappa shape index (κ3) is 5.98. The molecule has 1 N–H and O–H groups in total. The van der Waals surface area contributed by atoms with Crippen molar-refractivity contribution in [3.8, 4) is 0 Å². The number of halogens is 1. The van der Waals surface area contributed by atoms with E-state index in [0.717, 1.165) is 18.7 Å². The van der Waals surface area contributed by atoms with Crippen LogP contribution in [0, 0.1) is 12.7 Å². The molecule has 2 fully saturated rings. The van der Waals surface area contributed by atoms with Crippen LogP contribution >= 0.6 is 0 Å². The van der Waals surface area contributed by atoms with Gasteiger partial charge in [-0.1, -0.05) is 12.1 Å². The minimum Gasteiger partial charge on any atom is -0.379 e. The van der Waals surface area contributed by atoms with Crippen LogP contribution in [0.3, 0.4) is 0 Å². The summed E-state index contributed by atoms with van der Waals surface area (Å²) in [6, 6.07) is 4.98. The van der Waals surface area contributed by atoms with Crippen LogP contribution in [0.15, 0.2) is 18.2 Å². The fraction of sp³-hybridized carbons (Fsp3) is 0.600. The summed E-state index contributed by atoms with van der Waals surface area (Å²) in [6.45, 7) is 8.38. The molecular formula is C20H29FN4O3. The molecule has 1 aromatic rings. The molecule has 0 bridgehead atoms. The maximum atomic E-state index is 13.6. The van der Waals surface area contributed by atoms with Gasteiger partial charge >= 0.3 is 0 Å². The standard InChI is InChI=1S/C20H29FN4O3/c1-16-2-3-17(12-18(16)21)13-22-19(26)14-23-4-6-25(7-5-23)20(27)15-24-8-10-28-11-9-24/h2-3,12H,4-11,13-15H2,1H3,(H,22,26). The van der Waals surface area contributed by atoms with Gasteiger partial charge in [0.15, 0.2) is 0 Å². The number of hydrogen-bond acceptors (Lipinski definition) is 5. The topological polar surface area (TPSA) is 65.1 Å². The van der Waals surface area contributed by atoms with Crippen LogP contribution in [0.2, 0.25) is 0 Å². The minimum absolute atomic E-state index is 0.0888. The van der Waals surface area contributed by atoms with Crippen LogP contribution in [-0.4, -0.2) is 92.1 Å². The average molecular weight is 392 g/mol. The van der Waals surface area contributed by atoms with Crippen molar-refractivity contribution in [2.24, 2.45) is 0 Å². The molecule has 154 valence electrons. The van der Waals surface area contributed by atoms with Crippen molar-refractivity contribution in [3.63, 3.8) is 0 Å². The van der Waals surface area contributed by atoms with Crippen molar-refractivity contribution in [1.29, 1.82) is 0 Å². The van der Waals surface area contributed by atoms with E-state index in [0.29, 0.717) is 64.6 Å². The molecule has 3 rings (SSSR count). The molecule has 0 unspecified atom stereocenters. The van der Waals surface area contributed by atoms with E-state index in [-0.39, 0.29) is 17.6 Å². The highest BCUT2D eigenvalue weighted by atomic mass is 19.1. The van der Waals surface area contributed by atoms with Gasteiger partial charge in [0, 0.05) is 45.8 Å². The molecule has 0 aromatic heterocycles. The Morgan fingerprint density at radius 1 is 1.04 bits per heavy atom. The highest BCUT2D eigenvalue weighted by Gasteiger charge is 2.24. The van der Waals surface area contributed by atoms with Crippen LogP contribution in [-0.2, 0) is 20.9 Å². The molecule has 7 nitrogen and oxygen atoms in total. The number of carbonyl (C=O) groups excluding carboxylic acids is 2. The maximum absolute atomic E-state index is 13.6. The van der Waals surface area contributed by atoms with E-state index in [4.69, 9.17) is 4.74 Å². The summed E-state index contributed by atoms with van der Waals surface area (Å²) in [5, 5.41) is 2.83. The van der Waals surface area contributed by atoms with E-state index in [2.05, 4.69) is 10.2 Å². The van der Waals surface area contributed by atoms with Gasteiger partial charge in [0.25, 0.3) is 0 Å². The van der Waals surface area contributed by atoms with Crippen molar-refractivity contribution >= 4 is 11.8 Å². The number of ether oxygens (including phenoxy) is 1. The van der Waals surface area contributed by atoms with Crippen LogP contribution < -0.4 is 5.32 Å². The molecule has 1 aromatic carbocycles. The van der Waals surface area contributed by atoms with Crippen LogP contribution in [0.1, 0.15) is 11.1 Å². The first-order chi connectivity index (χ1) is 13.5. The van der Waals surface area contributed by atoms with Crippen molar-refractivity contribution in [1.82, 2.24) is 20.0 Å². The number of piperazine rings is 1. The van der Waals surface area contributed by atoms with Gasteiger partial charge in [-0.3, -0.25) is 19.4 Å². The quantitative estimate of drug-likeness (QED) is 0.751. The second-order valence-corrected chi connectivity index (χ2v) is 7.41. The fourth-order valence-electron chi connectivity index (χ4n) is 3.41. The van der Waals surface area contributed by atoms with Gasteiger partial charge in [0.05, 0.1) is 26.3 Å². The molecule has 8 heteroatoms. The van der Waals surface area contributed by atoms with Crippen molar-refractivity contribution in [2.45, 2.75) is 13.5 Å². The van der Waals surface area contributed by atoms with Gasteiger partial charge in [-0.2, -0.15) is 0 Å². The van der Waals surface area contributed by atoms with Crippen LogP contribution in [0.4, 0.5) is 4.39 Å². The number of carbonyl (C=O) groups is 2. The van der Waals surface area contributed by atoms with E-state index in [1.165, 1.54) is 6.07 Å². The summed E-state index contributed by atoms with van der Waals surface area (Å²) in [5.74, 6) is -0.203. The van der Waals surface area contributed by atoms with Crippen LogP contribution in [0.5, 0.6) is 0 Å². The lowest BCUT2D eigenvalue weighted by Gasteiger charge is -2.36. The predicted molar refractivity (Wildman–Crippen MR) is 103 cm³/mol. The van der Waals surface area contributed by atoms with E-state index < -0.39 is 0 Å². The molecule has 28 heavy (non-hydrogen) atoms. The summed E-state index contributed by atoms with van der Waals surface area (Å²) in [7, 11) is 0. The second kappa shape index (κ2) is 9.95. The number of amides is 2. The SMILES string of the molecule is Cc1ccc(CNC(=O)CN2CCN(C(=O)CN3CCOCC3)CC2)cc1F. The Bertz CT molecular complexity index is 686. The zero-order valence-electron chi connectivity index (χ0n) is 16.5. The highest BCUT2D eigenvalue weighted by Crippen LogP contribution is 2.09. The summed E-state index contributed by atoms with van der Waals surface area (Å²) in [4.78, 5) is 30.6. The monoisotopic (exact) mass is 392 g/mol. The Balaban J connectivity index is 1.35. The van der Waals surface area contributed by atoms with Crippen molar-refractivity contribution in [2.75, 3.05) is 65.6 Å². The van der Waals surface area contributed by atoms with Crippen LogP contribution in [0.25, 0.3) is 0 Å². The molecule has 0 aliphatic carbocycles. The summed E-state index contributed by atoms with van der Waals surface area (Å²) < 4.78 is 18.9.